The van der Waals surface area contributed by atoms with Gasteiger partial charge in [0, 0.05) is 17.2 Å². The standard InChI is InChI=1S/C13H12F2N2/c14-9-4-5-11(15)10(6-9)13-7-12(16-17-13)8-2-1-3-8/h4-8H,1-3H2,(H,16,17). The number of hydrogen-bond donors (Lipinski definition) is 1. The molecule has 0 aliphatic heterocycles. The molecule has 88 valence electrons. The summed E-state index contributed by atoms with van der Waals surface area (Å²) in [5.74, 6) is -0.388. The maximum absolute atomic E-state index is 13.5. The molecule has 17 heavy (non-hydrogen) atoms. The van der Waals surface area contributed by atoms with E-state index in [1.165, 1.54) is 12.5 Å². The second-order valence-corrected chi connectivity index (χ2v) is 4.46. The first-order valence-electron chi connectivity index (χ1n) is 5.75. The Bertz CT molecular complexity index is 544. The van der Waals surface area contributed by atoms with Crippen LogP contribution < -0.4 is 0 Å². The van der Waals surface area contributed by atoms with E-state index in [0.717, 1.165) is 30.7 Å². The molecule has 4 heteroatoms. The van der Waals surface area contributed by atoms with Crippen LogP contribution >= 0.6 is 0 Å². The number of aromatic amines is 1. The molecule has 0 unspecified atom stereocenters. The Morgan fingerprint density at radius 3 is 2.71 bits per heavy atom. The molecule has 0 bridgehead atoms. The van der Waals surface area contributed by atoms with Crippen LogP contribution in [0, 0.1) is 11.6 Å². The zero-order valence-electron chi connectivity index (χ0n) is 9.21. The molecule has 0 amide bonds. The number of nitrogens with zero attached hydrogens (tertiary/aromatic N) is 1. The van der Waals surface area contributed by atoms with Crippen molar-refractivity contribution < 1.29 is 8.78 Å². The van der Waals surface area contributed by atoms with E-state index in [4.69, 9.17) is 0 Å². The summed E-state index contributed by atoms with van der Waals surface area (Å²) in [5, 5.41) is 6.97. The zero-order chi connectivity index (χ0) is 11.8. The fourth-order valence-electron chi connectivity index (χ4n) is 2.10. The van der Waals surface area contributed by atoms with Gasteiger partial charge in [-0.25, -0.2) is 8.78 Å². The third-order valence-corrected chi connectivity index (χ3v) is 3.35. The van der Waals surface area contributed by atoms with E-state index in [1.54, 1.807) is 0 Å². The largest absolute Gasteiger partial charge is 0.282 e. The number of aromatic nitrogens is 2. The molecule has 1 aliphatic carbocycles. The lowest BCUT2D eigenvalue weighted by Crippen LogP contribution is -2.08. The van der Waals surface area contributed by atoms with Crippen LogP contribution in [0.3, 0.4) is 0 Å². The number of nitrogens with one attached hydrogen (secondary N) is 1. The molecule has 1 aromatic carbocycles. The number of benzene rings is 1. The molecule has 0 radical (unpaired) electrons. The molecule has 0 saturated heterocycles. The predicted octanol–water partition coefficient (Wildman–Crippen LogP) is 3.62. The Balaban J connectivity index is 1.97. The van der Waals surface area contributed by atoms with E-state index < -0.39 is 11.6 Å². The smallest absolute Gasteiger partial charge is 0.132 e. The summed E-state index contributed by atoms with van der Waals surface area (Å²) in [6.45, 7) is 0. The van der Waals surface area contributed by atoms with Crippen LogP contribution in [0.4, 0.5) is 8.78 Å². The molecule has 1 N–H and O–H groups in total. The number of rotatable bonds is 2. The van der Waals surface area contributed by atoms with Gasteiger partial charge in [0.1, 0.15) is 11.6 Å². The zero-order valence-corrected chi connectivity index (χ0v) is 9.21. The first-order valence-corrected chi connectivity index (χ1v) is 5.75. The highest BCUT2D eigenvalue weighted by atomic mass is 19.1. The lowest BCUT2D eigenvalue weighted by Gasteiger charge is -2.23. The van der Waals surface area contributed by atoms with Gasteiger partial charge in [0.25, 0.3) is 0 Å². The van der Waals surface area contributed by atoms with E-state index in [0.29, 0.717) is 11.6 Å². The minimum Gasteiger partial charge on any atom is -0.282 e. The maximum Gasteiger partial charge on any atom is 0.132 e. The first-order chi connectivity index (χ1) is 8.24. The highest BCUT2D eigenvalue weighted by Crippen LogP contribution is 2.36. The minimum atomic E-state index is -0.449. The van der Waals surface area contributed by atoms with Gasteiger partial charge in [0.15, 0.2) is 0 Å². The topological polar surface area (TPSA) is 28.7 Å². The van der Waals surface area contributed by atoms with Crippen molar-refractivity contribution in [1.82, 2.24) is 10.2 Å². The van der Waals surface area contributed by atoms with Gasteiger partial charge in [0.05, 0.1) is 5.69 Å². The molecule has 1 heterocycles. The van der Waals surface area contributed by atoms with Gasteiger partial charge in [-0.05, 0) is 37.1 Å². The van der Waals surface area contributed by atoms with Crippen molar-refractivity contribution in [3.63, 3.8) is 0 Å². The lowest BCUT2D eigenvalue weighted by molar-refractivity contribution is 0.410. The molecule has 1 fully saturated rings. The summed E-state index contributed by atoms with van der Waals surface area (Å²) in [6, 6.07) is 5.23. The average Bonchev–Trinajstić information content (AvgIpc) is 2.68. The van der Waals surface area contributed by atoms with Crippen LogP contribution in [0.25, 0.3) is 11.3 Å². The summed E-state index contributed by atoms with van der Waals surface area (Å²) in [4.78, 5) is 0. The number of H-pyrrole nitrogens is 1. The van der Waals surface area contributed by atoms with Crippen LogP contribution in [-0.4, -0.2) is 10.2 Å². The van der Waals surface area contributed by atoms with Crippen molar-refractivity contribution in [2.45, 2.75) is 25.2 Å². The van der Waals surface area contributed by atoms with Crippen molar-refractivity contribution >= 4 is 0 Å². The molecule has 1 aromatic heterocycles. The van der Waals surface area contributed by atoms with E-state index in [-0.39, 0.29) is 5.56 Å². The predicted molar refractivity (Wildman–Crippen MR) is 60.5 cm³/mol. The quantitative estimate of drug-likeness (QED) is 0.844. The van der Waals surface area contributed by atoms with Gasteiger partial charge in [-0.2, -0.15) is 5.10 Å². The Morgan fingerprint density at radius 2 is 2.00 bits per heavy atom. The van der Waals surface area contributed by atoms with Crippen molar-refractivity contribution in [3.8, 4) is 11.3 Å². The molecule has 2 aromatic rings. The second-order valence-electron chi connectivity index (χ2n) is 4.46. The molecule has 0 atom stereocenters. The van der Waals surface area contributed by atoms with E-state index >= 15 is 0 Å². The van der Waals surface area contributed by atoms with Gasteiger partial charge in [0.2, 0.25) is 0 Å². The van der Waals surface area contributed by atoms with Gasteiger partial charge in [-0.15, -0.1) is 0 Å². The molecule has 2 nitrogen and oxygen atoms in total. The van der Waals surface area contributed by atoms with E-state index in [1.807, 2.05) is 6.07 Å². The van der Waals surface area contributed by atoms with Crippen molar-refractivity contribution in [2.24, 2.45) is 0 Å². The van der Waals surface area contributed by atoms with Crippen molar-refractivity contribution in [3.05, 3.63) is 41.6 Å². The van der Waals surface area contributed by atoms with Crippen LogP contribution in [0.2, 0.25) is 0 Å². The summed E-state index contributed by atoms with van der Waals surface area (Å²) in [7, 11) is 0. The Labute approximate surface area is 97.7 Å². The normalized spacial score (nSPS) is 15.9. The SMILES string of the molecule is Fc1ccc(F)c(-c2cc(C3CCC3)[nH]n2)c1. The van der Waals surface area contributed by atoms with Crippen molar-refractivity contribution in [1.29, 1.82) is 0 Å². The van der Waals surface area contributed by atoms with Gasteiger partial charge < -0.3 is 0 Å². The Kier molecular flexibility index (Phi) is 2.42. The minimum absolute atomic E-state index is 0.215. The fourth-order valence-corrected chi connectivity index (χ4v) is 2.10. The van der Waals surface area contributed by atoms with Crippen LogP contribution in [0.5, 0.6) is 0 Å². The highest BCUT2D eigenvalue weighted by Gasteiger charge is 2.22. The molecule has 0 spiro atoms. The fraction of sp³-hybridized carbons (Fsp3) is 0.308. The summed E-state index contributed by atoms with van der Waals surface area (Å²) >= 11 is 0. The summed E-state index contributed by atoms with van der Waals surface area (Å²) < 4.78 is 26.6. The summed E-state index contributed by atoms with van der Waals surface area (Å²) in [5.41, 5.74) is 1.71. The number of halogens is 2. The van der Waals surface area contributed by atoms with Crippen molar-refractivity contribution in [2.75, 3.05) is 0 Å². The molecule has 1 saturated carbocycles. The molecular formula is C13H12F2N2. The lowest BCUT2D eigenvalue weighted by atomic mass is 9.83. The Hall–Kier alpha value is -1.71. The third kappa shape index (κ3) is 1.84. The van der Waals surface area contributed by atoms with Crippen LogP contribution in [0.1, 0.15) is 30.9 Å². The van der Waals surface area contributed by atoms with Crippen LogP contribution in [0.15, 0.2) is 24.3 Å². The monoisotopic (exact) mass is 234 g/mol. The van der Waals surface area contributed by atoms with Gasteiger partial charge in [-0.3, -0.25) is 5.10 Å². The highest BCUT2D eigenvalue weighted by molar-refractivity contribution is 5.60. The molecule has 3 rings (SSSR count). The third-order valence-electron chi connectivity index (χ3n) is 3.35. The number of hydrogen-bond acceptors (Lipinski definition) is 1. The van der Waals surface area contributed by atoms with Gasteiger partial charge in [-0.1, -0.05) is 6.42 Å². The summed E-state index contributed by atoms with van der Waals surface area (Å²) in [6.07, 6.45) is 3.52. The molecule has 1 aliphatic rings. The second kappa shape index (κ2) is 3.95. The van der Waals surface area contributed by atoms with E-state index in [2.05, 4.69) is 10.2 Å². The first kappa shape index (κ1) is 10.4. The van der Waals surface area contributed by atoms with Crippen LogP contribution in [-0.2, 0) is 0 Å². The maximum atomic E-state index is 13.5. The van der Waals surface area contributed by atoms with Gasteiger partial charge >= 0.3 is 0 Å². The average molecular weight is 234 g/mol. The van der Waals surface area contributed by atoms with E-state index in [9.17, 15) is 8.78 Å². The Morgan fingerprint density at radius 1 is 1.18 bits per heavy atom. The molecular weight excluding hydrogens is 222 g/mol.